The van der Waals surface area contributed by atoms with Crippen LogP contribution in [-0.2, 0) is 4.79 Å². The number of thiazole rings is 1. The SMILES string of the molecule is O=C(NCCCN1CCCC1=O)c1csc(Nc2ccc(-n3ccnc3)cc2)n1. The van der Waals surface area contributed by atoms with Crippen LogP contribution in [0, 0.1) is 0 Å². The Morgan fingerprint density at radius 3 is 2.83 bits per heavy atom. The fourth-order valence-corrected chi connectivity index (χ4v) is 3.90. The lowest BCUT2D eigenvalue weighted by Crippen LogP contribution is -2.30. The Balaban J connectivity index is 1.25. The van der Waals surface area contributed by atoms with Crippen molar-refractivity contribution in [1.29, 1.82) is 0 Å². The predicted molar refractivity (Wildman–Crippen MR) is 112 cm³/mol. The monoisotopic (exact) mass is 410 g/mol. The molecule has 0 atom stereocenters. The van der Waals surface area contributed by atoms with Crippen molar-refractivity contribution in [2.24, 2.45) is 0 Å². The van der Waals surface area contributed by atoms with Gasteiger partial charge in [-0.25, -0.2) is 9.97 Å². The van der Waals surface area contributed by atoms with Gasteiger partial charge in [-0.2, -0.15) is 0 Å². The smallest absolute Gasteiger partial charge is 0.270 e. The Kier molecular flexibility index (Phi) is 5.85. The molecule has 3 heterocycles. The summed E-state index contributed by atoms with van der Waals surface area (Å²) in [6.45, 7) is 2.05. The first-order valence-electron chi connectivity index (χ1n) is 9.56. The number of aromatic nitrogens is 3. The topological polar surface area (TPSA) is 92.2 Å². The molecule has 0 radical (unpaired) electrons. The van der Waals surface area contributed by atoms with E-state index in [0.717, 1.165) is 30.8 Å². The highest BCUT2D eigenvalue weighted by Crippen LogP contribution is 2.22. The number of amides is 2. The normalized spacial score (nSPS) is 13.7. The zero-order valence-corrected chi connectivity index (χ0v) is 16.7. The number of rotatable bonds is 8. The molecule has 150 valence electrons. The average Bonchev–Trinajstić information content (AvgIpc) is 3.49. The van der Waals surface area contributed by atoms with Gasteiger partial charge in [-0.15, -0.1) is 11.3 Å². The Morgan fingerprint density at radius 2 is 2.10 bits per heavy atom. The number of hydrogen-bond acceptors (Lipinski definition) is 6. The minimum atomic E-state index is -0.197. The number of likely N-dealkylation sites (tertiary alicyclic amines) is 1. The second kappa shape index (κ2) is 8.87. The van der Waals surface area contributed by atoms with Gasteiger partial charge in [0.2, 0.25) is 5.91 Å². The van der Waals surface area contributed by atoms with E-state index >= 15 is 0 Å². The minimum Gasteiger partial charge on any atom is -0.351 e. The average molecular weight is 411 g/mol. The van der Waals surface area contributed by atoms with Gasteiger partial charge in [0.1, 0.15) is 5.69 Å². The van der Waals surface area contributed by atoms with Crippen LogP contribution in [-0.4, -0.2) is 50.9 Å². The molecule has 2 amide bonds. The van der Waals surface area contributed by atoms with Crippen LogP contribution < -0.4 is 10.6 Å². The van der Waals surface area contributed by atoms with E-state index < -0.39 is 0 Å². The van der Waals surface area contributed by atoms with Gasteiger partial charge in [0.05, 0.1) is 6.33 Å². The van der Waals surface area contributed by atoms with Crippen molar-refractivity contribution < 1.29 is 9.59 Å². The molecule has 0 unspecified atom stereocenters. The molecule has 0 bridgehead atoms. The summed E-state index contributed by atoms with van der Waals surface area (Å²) in [4.78, 5) is 34.1. The summed E-state index contributed by atoms with van der Waals surface area (Å²) < 4.78 is 1.93. The molecule has 1 aromatic carbocycles. The first kappa shape index (κ1) is 19.1. The standard InChI is InChI=1S/C20H22N6O2S/c27-18-3-1-10-25(18)11-2-8-22-19(28)17-13-29-20(24-17)23-15-4-6-16(7-5-15)26-12-9-21-14-26/h4-7,9,12-14H,1-3,8,10-11H2,(H,22,28)(H,23,24). The first-order chi connectivity index (χ1) is 14.2. The van der Waals surface area contributed by atoms with Gasteiger partial charge in [0, 0.05) is 55.2 Å². The molecular weight excluding hydrogens is 388 g/mol. The molecule has 4 rings (SSSR count). The zero-order chi connectivity index (χ0) is 20.1. The van der Waals surface area contributed by atoms with Crippen LogP contribution in [0.2, 0.25) is 0 Å². The van der Waals surface area contributed by atoms with Crippen LogP contribution in [0.15, 0.2) is 48.4 Å². The molecule has 0 spiro atoms. The minimum absolute atomic E-state index is 0.197. The summed E-state index contributed by atoms with van der Waals surface area (Å²) in [5.74, 6) is 0.0158. The highest BCUT2D eigenvalue weighted by atomic mass is 32.1. The molecule has 2 N–H and O–H groups in total. The fourth-order valence-electron chi connectivity index (χ4n) is 3.19. The molecule has 9 heteroatoms. The maximum Gasteiger partial charge on any atom is 0.270 e. The molecule has 1 aliphatic heterocycles. The van der Waals surface area contributed by atoms with Crippen molar-refractivity contribution in [3.63, 3.8) is 0 Å². The third-order valence-corrected chi connectivity index (χ3v) is 5.48. The van der Waals surface area contributed by atoms with Crippen molar-refractivity contribution in [1.82, 2.24) is 24.8 Å². The number of carbonyl (C=O) groups is 2. The molecule has 8 nitrogen and oxygen atoms in total. The van der Waals surface area contributed by atoms with E-state index in [1.54, 1.807) is 17.9 Å². The van der Waals surface area contributed by atoms with Gasteiger partial charge in [-0.05, 0) is 37.1 Å². The second-order valence-corrected chi connectivity index (χ2v) is 7.63. The molecule has 1 saturated heterocycles. The summed E-state index contributed by atoms with van der Waals surface area (Å²) in [5.41, 5.74) is 2.30. The first-order valence-corrected chi connectivity index (χ1v) is 10.4. The van der Waals surface area contributed by atoms with Crippen molar-refractivity contribution >= 4 is 34.0 Å². The van der Waals surface area contributed by atoms with Crippen molar-refractivity contribution in [3.05, 3.63) is 54.1 Å². The molecule has 3 aromatic rings. The summed E-state index contributed by atoms with van der Waals surface area (Å²) in [6, 6.07) is 7.87. The quantitative estimate of drug-likeness (QED) is 0.557. The molecule has 1 aliphatic rings. The third kappa shape index (κ3) is 4.80. The maximum absolute atomic E-state index is 12.3. The maximum atomic E-state index is 12.3. The second-order valence-electron chi connectivity index (χ2n) is 6.77. The van der Waals surface area contributed by atoms with Crippen molar-refractivity contribution in [2.45, 2.75) is 19.3 Å². The highest BCUT2D eigenvalue weighted by molar-refractivity contribution is 7.14. The fraction of sp³-hybridized carbons (Fsp3) is 0.300. The van der Waals surface area contributed by atoms with E-state index in [1.807, 2.05) is 39.9 Å². The molecule has 1 fully saturated rings. The molecule has 0 saturated carbocycles. The third-order valence-electron chi connectivity index (χ3n) is 4.72. The van der Waals surface area contributed by atoms with Crippen LogP contribution in [0.1, 0.15) is 29.8 Å². The molecule has 0 aliphatic carbocycles. The number of nitrogens with zero attached hydrogens (tertiary/aromatic N) is 4. The van der Waals surface area contributed by atoms with E-state index in [-0.39, 0.29) is 11.8 Å². The Bertz CT molecular complexity index is 967. The number of anilines is 2. The zero-order valence-electron chi connectivity index (χ0n) is 15.9. The van der Waals surface area contributed by atoms with E-state index in [4.69, 9.17) is 0 Å². The van der Waals surface area contributed by atoms with Gasteiger partial charge in [-0.1, -0.05) is 0 Å². The predicted octanol–water partition coefficient (Wildman–Crippen LogP) is 2.81. The lowest BCUT2D eigenvalue weighted by molar-refractivity contribution is -0.127. The van der Waals surface area contributed by atoms with Crippen LogP contribution >= 0.6 is 11.3 Å². The Labute approximate surface area is 172 Å². The number of imidazole rings is 1. The summed E-state index contributed by atoms with van der Waals surface area (Å²) in [6.07, 6.45) is 7.70. The molecule has 29 heavy (non-hydrogen) atoms. The number of carbonyl (C=O) groups excluding carboxylic acids is 2. The summed E-state index contributed by atoms with van der Waals surface area (Å²) >= 11 is 1.38. The summed E-state index contributed by atoms with van der Waals surface area (Å²) in [5, 5.41) is 8.49. The number of nitrogens with one attached hydrogen (secondary N) is 2. The van der Waals surface area contributed by atoms with Gasteiger partial charge in [0.15, 0.2) is 5.13 Å². The van der Waals surface area contributed by atoms with Crippen LogP contribution in [0.5, 0.6) is 0 Å². The molecular formula is C20H22N6O2S. The van der Waals surface area contributed by atoms with E-state index in [2.05, 4.69) is 20.6 Å². The van der Waals surface area contributed by atoms with Crippen LogP contribution in [0.4, 0.5) is 10.8 Å². The van der Waals surface area contributed by atoms with Gasteiger partial charge >= 0.3 is 0 Å². The lowest BCUT2D eigenvalue weighted by Gasteiger charge is -2.14. The lowest BCUT2D eigenvalue weighted by atomic mass is 10.3. The Morgan fingerprint density at radius 1 is 1.24 bits per heavy atom. The van der Waals surface area contributed by atoms with E-state index in [9.17, 15) is 9.59 Å². The van der Waals surface area contributed by atoms with Gasteiger partial charge < -0.3 is 20.1 Å². The van der Waals surface area contributed by atoms with Gasteiger partial charge in [-0.3, -0.25) is 9.59 Å². The molecule has 2 aromatic heterocycles. The van der Waals surface area contributed by atoms with Crippen LogP contribution in [0.25, 0.3) is 5.69 Å². The summed E-state index contributed by atoms with van der Waals surface area (Å²) in [7, 11) is 0. The highest BCUT2D eigenvalue weighted by Gasteiger charge is 2.19. The number of benzene rings is 1. The van der Waals surface area contributed by atoms with Gasteiger partial charge in [0.25, 0.3) is 5.91 Å². The largest absolute Gasteiger partial charge is 0.351 e. The van der Waals surface area contributed by atoms with E-state index in [0.29, 0.717) is 30.3 Å². The Hall–Kier alpha value is -3.20. The van der Waals surface area contributed by atoms with E-state index in [1.165, 1.54) is 11.3 Å². The van der Waals surface area contributed by atoms with Crippen molar-refractivity contribution in [3.8, 4) is 5.69 Å². The number of hydrogen-bond donors (Lipinski definition) is 2. The van der Waals surface area contributed by atoms with Crippen molar-refractivity contribution in [2.75, 3.05) is 25.0 Å². The van der Waals surface area contributed by atoms with Crippen LogP contribution in [0.3, 0.4) is 0 Å².